The number of likely N-dealkylation sites (N-methyl/N-ethyl adjacent to an activating group) is 1. The van der Waals surface area contributed by atoms with E-state index in [2.05, 4.69) is 17.1 Å². The first-order valence-electron chi connectivity index (χ1n) is 8.94. The summed E-state index contributed by atoms with van der Waals surface area (Å²) in [5.74, 6) is 0. The highest BCUT2D eigenvalue weighted by atomic mass is 16.5. The fourth-order valence-electron chi connectivity index (χ4n) is 4.56. The summed E-state index contributed by atoms with van der Waals surface area (Å²) in [6.45, 7) is 7.04. The van der Waals surface area contributed by atoms with Crippen LogP contribution in [0.4, 0.5) is 0 Å². The number of piperidine rings is 1. The van der Waals surface area contributed by atoms with Crippen molar-refractivity contribution >= 4 is 0 Å². The van der Waals surface area contributed by atoms with E-state index in [0.717, 1.165) is 6.04 Å². The van der Waals surface area contributed by atoms with Crippen LogP contribution in [0.2, 0.25) is 0 Å². The van der Waals surface area contributed by atoms with Crippen molar-refractivity contribution in [2.24, 2.45) is 0 Å². The number of nitrogens with zero attached hydrogens (tertiary/aromatic N) is 1. The molecule has 1 saturated carbocycles. The Morgan fingerprint density at radius 3 is 2.50 bits per heavy atom. The third kappa shape index (κ3) is 3.37. The molecule has 0 aromatic carbocycles. The summed E-state index contributed by atoms with van der Waals surface area (Å²) in [4.78, 5) is 2.69. The molecule has 2 heterocycles. The molecule has 116 valence electrons. The third-order valence-electron chi connectivity index (χ3n) is 5.77. The van der Waals surface area contributed by atoms with Crippen LogP contribution in [-0.4, -0.2) is 48.8 Å². The Balaban J connectivity index is 1.51. The van der Waals surface area contributed by atoms with Gasteiger partial charge in [0.05, 0.1) is 11.7 Å². The van der Waals surface area contributed by atoms with E-state index in [0.29, 0.717) is 6.10 Å². The summed E-state index contributed by atoms with van der Waals surface area (Å²) in [5.41, 5.74) is 0.288. The summed E-state index contributed by atoms with van der Waals surface area (Å²) in [6, 6.07) is 0.785. The second-order valence-electron chi connectivity index (χ2n) is 7.09. The Hall–Kier alpha value is -0.120. The van der Waals surface area contributed by atoms with Gasteiger partial charge in [0.25, 0.3) is 0 Å². The molecule has 0 aromatic heterocycles. The summed E-state index contributed by atoms with van der Waals surface area (Å²) in [7, 11) is 0. The fourth-order valence-corrected chi connectivity index (χ4v) is 4.56. The number of nitrogens with one attached hydrogen (secondary N) is 1. The molecule has 0 amide bonds. The smallest absolute Gasteiger partial charge is 0.0710 e. The van der Waals surface area contributed by atoms with Gasteiger partial charge in [-0.05, 0) is 58.2 Å². The predicted molar refractivity (Wildman–Crippen MR) is 83.1 cm³/mol. The monoisotopic (exact) mass is 280 g/mol. The highest BCUT2D eigenvalue weighted by molar-refractivity contribution is 4.92. The van der Waals surface area contributed by atoms with Crippen LogP contribution in [0.25, 0.3) is 0 Å². The maximum absolute atomic E-state index is 6.56. The lowest BCUT2D eigenvalue weighted by Crippen LogP contribution is -2.46. The van der Waals surface area contributed by atoms with Crippen LogP contribution < -0.4 is 5.32 Å². The lowest BCUT2D eigenvalue weighted by Gasteiger charge is -2.37. The minimum atomic E-state index is 0.288. The molecule has 0 aromatic rings. The van der Waals surface area contributed by atoms with E-state index in [9.17, 15) is 0 Å². The molecule has 0 bridgehead atoms. The van der Waals surface area contributed by atoms with Gasteiger partial charge in [-0.3, -0.25) is 4.90 Å². The predicted octanol–water partition coefficient (Wildman–Crippen LogP) is 2.94. The van der Waals surface area contributed by atoms with Crippen LogP contribution in [0, 0.1) is 0 Å². The average molecular weight is 280 g/mol. The van der Waals surface area contributed by atoms with Gasteiger partial charge >= 0.3 is 0 Å². The van der Waals surface area contributed by atoms with Crippen LogP contribution >= 0.6 is 0 Å². The molecule has 2 aliphatic heterocycles. The van der Waals surface area contributed by atoms with Crippen molar-refractivity contribution < 1.29 is 4.74 Å². The quantitative estimate of drug-likeness (QED) is 0.857. The standard InChI is InChI=1S/C17H32N2O/c1-2-19(15-7-12-18-13-8-15)14-16-6-11-17(20-16)9-4-3-5-10-17/h15-16,18H,2-14H2,1H3. The normalized spacial score (nSPS) is 31.2. The number of ether oxygens (including phenoxy) is 1. The summed E-state index contributed by atoms with van der Waals surface area (Å²) in [5, 5.41) is 3.48. The van der Waals surface area contributed by atoms with Crippen LogP contribution in [-0.2, 0) is 4.74 Å². The second-order valence-corrected chi connectivity index (χ2v) is 7.09. The van der Waals surface area contributed by atoms with Crippen molar-refractivity contribution in [3.05, 3.63) is 0 Å². The first-order chi connectivity index (χ1) is 9.81. The van der Waals surface area contributed by atoms with E-state index in [-0.39, 0.29) is 5.60 Å². The van der Waals surface area contributed by atoms with E-state index in [4.69, 9.17) is 4.74 Å². The summed E-state index contributed by atoms with van der Waals surface area (Å²) >= 11 is 0. The average Bonchev–Trinajstić information content (AvgIpc) is 2.89. The van der Waals surface area contributed by atoms with Crippen molar-refractivity contribution in [2.45, 2.75) is 82.5 Å². The molecule has 3 rings (SSSR count). The molecule has 1 N–H and O–H groups in total. The maximum Gasteiger partial charge on any atom is 0.0710 e. The third-order valence-corrected chi connectivity index (χ3v) is 5.77. The Morgan fingerprint density at radius 2 is 1.80 bits per heavy atom. The molecule has 1 aliphatic carbocycles. The van der Waals surface area contributed by atoms with Crippen LogP contribution in [0.3, 0.4) is 0 Å². The molecule has 3 aliphatic rings. The van der Waals surface area contributed by atoms with Crippen molar-refractivity contribution in [1.82, 2.24) is 10.2 Å². The minimum absolute atomic E-state index is 0.288. The highest BCUT2D eigenvalue weighted by Gasteiger charge is 2.41. The lowest BCUT2D eigenvalue weighted by atomic mass is 9.83. The Labute approximate surface area is 124 Å². The first-order valence-corrected chi connectivity index (χ1v) is 8.94. The van der Waals surface area contributed by atoms with Gasteiger partial charge in [0, 0.05) is 12.6 Å². The van der Waals surface area contributed by atoms with Gasteiger partial charge in [0.15, 0.2) is 0 Å². The number of hydrogen-bond acceptors (Lipinski definition) is 3. The van der Waals surface area contributed by atoms with E-state index >= 15 is 0 Å². The van der Waals surface area contributed by atoms with Crippen LogP contribution in [0.15, 0.2) is 0 Å². The van der Waals surface area contributed by atoms with Gasteiger partial charge < -0.3 is 10.1 Å². The SMILES string of the molecule is CCN(CC1CCC2(CCCCC2)O1)C1CCNCC1. The van der Waals surface area contributed by atoms with E-state index < -0.39 is 0 Å². The van der Waals surface area contributed by atoms with E-state index in [1.807, 2.05) is 0 Å². The number of rotatable bonds is 4. The molecular weight excluding hydrogens is 248 g/mol. The Morgan fingerprint density at radius 1 is 1.05 bits per heavy atom. The fraction of sp³-hybridized carbons (Fsp3) is 1.00. The van der Waals surface area contributed by atoms with Gasteiger partial charge in [0.2, 0.25) is 0 Å². The maximum atomic E-state index is 6.56. The van der Waals surface area contributed by atoms with Crippen molar-refractivity contribution in [3.8, 4) is 0 Å². The molecule has 3 fully saturated rings. The van der Waals surface area contributed by atoms with E-state index in [1.165, 1.54) is 84.0 Å². The molecule has 0 radical (unpaired) electrons. The topological polar surface area (TPSA) is 24.5 Å². The number of hydrogen-bond donors (Lipinski definition) is 1. The largest absolute Gasteiger partial charge is 0.370 e. The Kier molecular flexibility index (Phi) is 5.00. The van der Waals surface area contributed by atoms with Gasteiger partial charge in [-0.25, -0.2) is 0 Å². The van der Waals surface area contributed by atoms with Crippen molar-refractivity contribution in [2.75, 3.05) is 26.2 Å². The zero-order chi connectivity index (χ0) is 13.8. The van der Waals surface area contributed by atoms with Crippen LogP contribution in [0.1, 0.15) is 64.7 Å². The highest BCUT2D eigenvalue weighted by Crippen LogP contribution is 2.42. The Bertz CT molecular complexity index is 295. The molecule has 1 spiro atoms. The van der Waals surface area contributed by atoms with Crippen LogP contribution in [0.5, 0.6) is 0 Å². The molecular formula is C17H32N2O. The zero-order valence-electron chi connectivity index (χ0n) is 13.2. The van der Waals surface area contributed by atoms with Gasteiger partial charge in [-0.15, -0.1) is 0 Å². The molecule has 1 atom stereocenters. The minimum Gasteiger partial charge on any atom is -0.370 e. The van der Waals surface area contributed by atoms with Gasteiger partial charge in [-0.1, -0.05) is 26.2 Å². The zero-order valence-corrected chi connectivity index (χ0v) is 13.2. The van der Waals surface area contributed by atoms with Gasteiger partial charge in [0.1, 0.15) is 0 Å². The molecule has 3 heteroatoms. The molecule has 3 nitrogen and oxygen atoms in total. The molecule has 2 saturated heterocycles. The van der Waals surface area contributed by atoms with Crippen molar-refractivity contribution in [1.29, 1.82) is 0 Å². The van der Waals surface area contributed by atoms with E-state index in [1.54, 1.807) is 0 Å². The lowest BCUT2D eigenvalue weighted by molar-refractivity contribution is -0.0752. The summed E-state index contributed by atoms with van der Waals surface area (Å²) in [6.07, 6.45) is 12.6. The summed E-state index contributed by atoms with van der Waals surface area (Å²) < 4.78 is 6.56. The first kappa shape index (κ1) is 14.8. The molecule has 20 heavy (non-hydrogen) atoms. The van der Waals surface area contributed by atoms with Crippen molar-refractivity contribution in [3.63, 3.8) is 0 Å². The second kappa shape index (κ2) is 6.76. The van der Waals surface area contributed by atoms with Gasteiger partial charge in [-0.2, -0.15) is 0 Å². The molecule has 1 unspecified atom stereocenters.